The fourth-order valence-electron chi connectivity index (χ4n) is 2.98. The molecule has 0 spiro atoms. The molecule has 1 aromatic rings. The normalized spacial score (nSPS) is 17.0. The Labute approximate surface area is 129 Å². The van der Waals surface area contributed by atoms with Gasteiger partial charge in [0.15, 0.2) is 0 Å². The number of hydrogen-bond donors (Lipinski definition) is 1. The van der Waals surface area contributed by atoms with Crippen molar-refractivity contribution in [2.24, 2.45) is 11.1 Å². The summed E-state index contributed by atoms with van der Waals surface area (Å²) in [5.74, 6) is 0.285. The summed E-state index contributed by atoms with van der Waals surface area (Å²) in [6, 6.07) is 0. The molecule has 1 fully saturated rings. The van der Waals surface area contributed by atoms with E-state index in [0.29, 0.717) is 19.4 Å². The molecule has 112 valence electrons. The van der Waals surface area contributed by atoms with Gasteiger partial charge in [-0.05, 0) is 54.1 Å². The van der Waals surface area contributed by atoms with Gasteiger partial charge in [-0.15, -0.1) is 0 Å². The van der Waals surface area contributed by atoms with Crippen LogP contribution in [0.15, 0.2) is 4.47 Å². The number of carbonyl (C=O) groups is 1. The second-order valence-electron chi connectivity index (χ2n) is 5.83. The zero-order chi connectivity index (χ0) is 14.8. The van der Waals surface area contributed by atoms with Gasteiger partial charge in [-0.1, -0.05) is 13.3 Å². The third-order valence-electron chi connectivity index (χ3n) is 4.48. The summed E-state index contributed by atoms with van der Waals surface area (Å²) in [7, 11) is 0. The number of Topliss-reactive ketones (excluding diaryl/α,β-unsaturated/α-hetero) is 1. The van der Waals surface area contributed by atoms with Crippen LogP contribution in [0.25, 0.3) is 0 Å². The standard InChI is InChI=1S/C15H24BrN3O/c1-3-12-14(16)13(19(4-2)18-12)8-11(20)9-15(10-17)6-5-7-15/h3-10,17H2,1-2H3. The molecule has 0 aromatic carbocycles. The first-order valence-corrected chi connectivity index (χ1v) is 8.30. The lowest BCUT2D eigenvalue weighted by Gasteiger charge is -2.40. The van der Waals surface area contributed by atoms with E-state index >= 15 is 0 Å². The first-order valence-electron chi connectivity index (χ1n) is 7.51. The van der Waals surface area contributed by atoms with Crippen LogP contribution in [0.4, 0.5) is 0 Å². The summed E-state index contributed by atoms with van der Waals surface area (Å²) in [5.41, 5.74) is 7.98. The average Bonchev–Trinajstić information content (AvgIpc) is 2.70. The van der Waals surface area contributed by atoms with Crippen LogP contribution < -0.4 is 5.73 Å². The summed E-state index contributed by atoms with van der Waals surface area (Å²) in [5, 5.41) is 4.54. The first-order chi connectivity index (χ1) is 9.55. The van der Waals surface area contributed by atoms with E-state index in [4.69, 9.17) is 5.73 Å². The Morgan fingerprint density at radius 1 is 1.45 bits per heavy atom. The molecule has 1 aliphatic carbocycles. The number of nitrogens with two attached hydrogens (primary N) is 1. The molecule has 1 aromatic heterocycles. The smallest absolute Gasteiger partial charge is 0.139 e. The van der Waals surface area contributed by atoms with E-state index in [2.05, 4.69) is 34.9 Å². The Hall–Kier alpha value is -0.680. The Bertz CT molecular complexity index is 486. The highest BCUT2D eigenvalue weighted by Crippen LogP contribution is 2.43. The molecule has 4 nitrogen and oxygen atoms in total. The summed E-state index contributed by atoms with van der Waals surface area (Å²) in [6.07, 6.45) is 5.37. The monoisotopic (exact) mass is 341 g/mol. The average molecular weight is 342 g/mol. The maximum Gasteiger partial charge on any atom is 0.139 e. The number of hydrogen-bond acceptors (Lipinski definition) is 3. The van der Waals surface area contributed by atoms with E-state index in [1.54, 1.807) is 0 Å². The molecule has 0 aliphatic heterocycles. The largest absolute Gasteiger partial charge is 0.330 e. The molecular weight excluding hydrogens is 318 g/mol. The fourth-order valence-corrected chi connectivity index (χ4v) is 3.69. The lowest BCUT2D eigenvalue weighted by molar-refractivity contribution is -0.122. The highest BCUT2D eigenvalue weighted by Gasteiger charge is 2.37. The van der Waals surface area contributed by atoms with Crippen molar-refractivity contribution < 1.29 is 4.79 Å². The summed E-state index contributed by atoms with van der Waals surface area (Å²) >= 11 is 3.60. The minimum Gasteiger partial charge on any atom is -0.330 e. The van der Waals surface area contributed by atoms with Gasteiger partial charge in [-0.3, -0.25) is 9.48 Å². The van der Waals surface area contributed by atoms with Crippen LogP contribution in [0.1, 0.15) is 50.9 Å². The molecule has 0 amide bonds. The van der Waals surface area contributed by atoms with Crippen molar-refractivity contribution in [2.45, 2.75) is 58.9 Å². The topological polar surface area (TPSA) is 60.9 Å². The molecule has 1 heterocycles. The van der Waals surface area contributed by atoms with Crippen molar-refractivity contribution in [1.29, 1.82) is 0 Å². The van der Waals surface area contributed by atoms with Crippen molar-refractivity contribution in [2.75, 3.05) is 6.54 Å². The van der Waals surface area contributed by atoms with Gasteiger partial charge in [-0.25, -0.2) is 0 Å². The number of rotatable bonds is 7. The van der Waals surface area contributed by atoms with E-state index in [1.165, 1.54) is 6.42 Å². The van der Waals surface area contributed by atoms with E-state index in [1.807, 2.05) is 4.68 Å². The molecule has 2 N–H and O–H groups in total. The lowest BCUT2D eigenvalue weighted by Crippen LogP contribution is -2.39. The number of nitrogens with zero attached hydrogens (tertiary/aromatic N) is 2. The van der Waals surface area contributed by atoms with Crippen molar-refractivity contribution in [3.05, 3.63) is 15.9 Å². The lowest BCUT2D eigenvalue weighted by atomic mass is 9.66. The maximum atomic E-state index is 12.4. The van der Waals surface area contributed by atoms with Gasteiger partial charge in [0, 0.05) is 19.4 Å². The predicted molar refractivity (Wildman–Crippen MR) is 83.6 cm³/mol. The van der Waals surface area contributed by atoms with Crippen LogP contribution in [0.3, 0.4) is 0 Å². The van der Waals surface area contributed by atoms with E-state index < -0.39 is 0 Å². The summed E-state index contributed by atoms with van der Waals surface area (Å²) in [6.45, 7) is 5.56. The highest BCUT2D eigenvalue weighted by atomic mass is 79.9. The van der Waals surface area contributed by atoms with E-state index in [0.717, 1.165) is 41.7 Å². The molecule has 2 rings (SSSR count). The van der Waals surface area contributed by atoms with Crippen LogP contribution in [-0.4, -0.2) is 22.1 Å². The van der Waals surface area contributed by atoms with Gasteiger partial charge in [-0.2, -0.15) is 5.10 Å². The van der Waals surface area contributed by atoms with E-state index in [-0.39, 0.29) is 11.2 Å². The zero-order valence-corrected chi connectivity index (χ0v) is 14.0. The quantitative estimate of drug-likeness (QED) is 0.829. The summed E-state index contributed by atoms with van der Waals surface area (Å²) in [4.78, 5) is 12.4. The second kappa shape index (κ2) is 6.39. The van der Waals surface area contributed by atoms with Crippen molar-refractivity contribution in [3.63, 3.8) is 0 Å². The zero-order valence-electron chi connectivity index (χ0n) is 12.4. The first kappa shape index (κ1) is 15.7. The van der Waals surface area contributed by atoms with Crippen LogP contribution >= 0.6 is 15.9 Å². The Balaban J connectivity index is 2.09. The fraction of sp³-hybridized carbons (Fsp3) is 0.733. The third-order valence-corrected chi connectivity index (χ3v) is 5.39. The van der Waals surface area contributed by atoms with Crippen LogP contribution in [0.5, 0.6) is 0 Å². The molecule has 0 saturated heterocycles. The number of aryl methyl sites for hydroxylation is 2. The molecule has 1 aliphatic rings. The highest BCUT2D eigenvalue weighted by molar-refractivity contribution is 9.10. The minimum absolute atomic E-state index is 0.0915. The van der Waals surface area contributed by atoms with Gasteiger partial charge < -0.3 is 5.73 Å². The molecule has 0 unspecified atom stereocenters. The molecule has 0 atom stereocenters. The molecule has 20 heavy (non-hydrogen) atoms. The van der Waals surface area contributed by atoms with Crippen molar-refractivity contribution in [3.8, 4) is 0 Å². The van der Waals surface area contributed by atoms with Crippen molar-refractivity contribution >= 4 is 21.7 Å². The molecule has 1 saturated carbocycles. The number of carbonyl (C=O) groups excluding carboxylic acids is 1. The van der Waals surface area contributed by atoms with Crippen LogP contribution in [0.2, 0.25) is 0 Å². The number of ketones is 1. The number of aromatic nitrogens is 2. The number of halogens is 1. The second-order valence-corrected chi connectivity index (χ2v) is 6.62. The van der Waals surface area contributed by atoms with Crippen LogP contribution in [0, 0.1) is 5.41 Å². The Morgan fingerprint density at radius 3 is 2.60 bits per heavy atom. The van der Waals surface area contributed by atoms with Gasteiger partial charge in [0.2, 0.25) is 0 Å². The van der Waals surface area contributed by atoms with Crippen molar-refractivity contribution in [1.82, 2.24) is 9.78 Å². The summed E-state index contributed by atoms with van der Waals surface area (Å²) < 4.78 is 2.95. The van der Waals surface area contributed by atoms with Gasteiger partial charge >= 0.3 is 0 Å². The predicted octanol–water partition coefficient (Wildman–Crippen LogP) is 2.86. The molecular formula is C15H24BrN3O. The SMILES string of the molecule is CCc1nn(CC)c(CC(=O)CC2(CN)CCC2)c1Br. The molecule has 5 heteroatoms. The minimum atomic E-state index is 0.0915. The van der Waals surface area contributed by atoms with E-state index in [9.17, 15) is 4.79 Å². The maximum absolute atomic E-state index is 12.4. The van der Waals surface area contributed by atoms with Gasteiger partial charge in [0.1, 0.15) is 5.78 Å². The van der Waals surface area contributed by atoms with Crippen LogP contribution in [-0.2, 0) is 24.2 Å². The third kappa shape index (κ3) is 2.98. The van der Waals surface area contributed by atoms with Gasteiger partial charge in [0.25, 0.3) is 0 Å². The molecule has 0 radical (unpaired) electrons. The Kier molecular flexibility index (Phi) is 5.02. The Morgan fingerprint density at radius 2 is 2.15 bits per heavy atom. The van der Waals surface area contributed by atoms with Gasteiger partial charge in [0.05, 0.1) is 15.9 Å². The molecule has 0 bridgehead atoms.